The fourth-order valence-electron chi connectivity index (χ4n) is 2.98. The van der Waals surface area contributed by atoms with Gasteiger partial charge in [-0.05, 0) is 37.3 Å². The predicted molar refractivity (Wildman–Crippen MR) is 123 cm³/mol. The summed E-state index contributed by atoms with van der Waals surface area (Å²) in [6.45, 7) is 4.26. The van der Waals surface area contributed by atoms with Crippen molar-refractivity contribution in [1.29, 1.82) is 0 Å². The maximum atomic E-state index is 12.8. The van der Waals surface area contributed by atoms with E-state index >= 15 is 0 Å². The fraction of sp³-hybridized carbons (Fsp3) is 0.273. The molecule has 0 bridgehead atoms. The van der Waals surface area contributed by atoms with Gasteiger partial charge in [-0.15, -0.1) is 0 Å². The minimum atomic E-state index is -0.966. The van der Waals surface area contributed by atoms with Crippen LogP contribution < -0.4 is 15.5 Å². The maximum Gasteiger partial charge on any atom is 0.329 e. The summed E-state index contributed by atoms with van der Waals surface area (Å²) in [5, 5.41) is 6.32. The van der Waals surface area contributed by atoms with Gasteiger partial charge < -0.3 is 19.7 Å². The van der Waals surface area contributed by atoms with E-state index in [-0.39, 0.29) is 11.6 Å². The normalized spacial score (nSPS) is 13.6. The number of benzene rings is 2. The quantitative estimate of drug-likeness (QED) is 0.358. The minimum absolute atomic E-state index is 0.235. The molecule has 1 heterocycles. The highest BCUT2D eigenvalue weighted by atomic mass is 79.9. The highest BCUT2D eigenvalue weighted by Crippen LogP contribution is 2.21. The first kappa shape index (κ1) is 23.4. The summed E-state index contributed by atoms with van der Waals surface area (Å²) in [5.41, 5.74) is 3.40. The van der Waals surface area contributed by atoms with Gasteiger partial charge in [-0.25, -0.2) is 5.43 Å². The van der Waals surface area contributed by atoms with Crippen LogP contribution in [0.4, 0.5) is 5.69 Å². The van der Waals surface area contributed by atoms with Gasteiger partial charge in [-0.1, -0.05) is 28.1 Å². The predicted octanol–water partition coefficient (Wildman–Crippen LogP) is 2.41. The number of morpholine rings is 1. The SMILES string of the molecule is CCOc1ccc(Br)c(/C=N/NC(=O)C(=O)Nc2ccccc2C(=O)N2CCOCC2)c1. The van der Waals surface area contributed by atoms with E-state index < -0.39 is 11.8 Å². The van der Waals surface area contributed by atoms with Crippen molar-refractivity contribution >= 4 is 45.6 Å². The zero-order valence-electron chi connectivity index (χ0n) is 17.5. The summed E-state index contributed by atoms with van der Waals surface area (Å²) in [7, 11) is 0. The molecule has 10 heteroatoms. The first-order valence-corrected chi connectivity index (χ1v) is 10.8. The molecule has 168 valence electrons. The van der Waals surface area contributed by atoms with Crippen LogP contribution in [-0.4, -0.2) is 61.7 Å². The van der Waals surface area contributed by atoms with Crippen molar-refractivity contribution in [1.82, 2.24) is 10.3 Å². The molecule has 2 aromatic rings. The number of hydrogen-bond donors (Lipinski definition) is 2. The fourth-order valence-corrected chi connectivity index (χ4v) is 3.33. The third kappa shape index (κ3) is 6.14. The van der Waals surface area contributed by atoms with Gasteiger partial charge in [0.05, 0.1) is 37.3 Å². The Morgan fingerprint density at radius 2 is 1.91 bits per heavy atom. The number of nitrogens with one attached hydrogen (secondary N) is 2. The molecule has 2 N–H and O–H groups in total. The van der Waals surface area contributed by atoms with Crippen molar-refractivity contribution in [3.63, 3.8) is 0 Å². The largest absolute Gasteiger partial charge is 0.494 e. The van der Waals surface area contributed by atoms with Gasteiger partial charge in [-0.2, -0.15) is 5.10 Å². The summed E-state index contributed by atoms with van der Waals surface area (Å²) in [6, 6.07) is 11.9. The number of nitrogens with zero attached hydrogens (tertiary/aromatic N) is 2. The Hall–Kier alpha value is -3.24. The number of carbonyl (C=O) groups excluding carboxylic acids is 3. The Morgan fingerprint density at radius 3 is 2.66 bits per heavy atom. The number of carbonyl (C=O) groups is 3. The Kier molecular flexibility index (Phi) is 8.34. The van der Waals surface area contributed by atoms with E-state index in [1.807, 2.05) is 6.92 Å². The highest BCUT2D eigenvalue weighted by molar-refractivity contribution is 9.10. The molecule has 0 saturated carbocycles. The van der Waals surface area contributed by atoms with Crippen molar-refractivity contribution in [3.8, 4) is 5.75 Å². The van der Waals surface area contributed by atoms with Crippen molar-refractivity contribution in [2.24, 2.45) is 5.10 Å². The van der Waals surface area contributed by atoms with E-state index in [1.54, 1.807) is 47.4 Å². The molecular formula is C22H23BrN4O5. The topological polar surface area (TPSA) is 109 Å². The second kappa shape index (κ2) is 11.4. The molecule has 0 aromatic heterocycles. The van der Waals surface area contributed by atoms with Crippen LogP contribution in [0.3, 0.4) is 0 Å². The van der Waals surface area contributed by atoms with Gasteiger partial charge in [-0.3, -0.25) is 14.4 Å². The number of amides is 3. The maximum absolute atomic E-state index is 12.8. The lowest BCUT2D eigenvalue weighted by atomic mass is 10.1. The van der Waals surface area contributed by atoms with Crippen LogP contribution in [0.2, 0.25) is 0 Å². The molecule has 3 amide bonds. The molecule has 2 aromatic carbocycles. The second-order valence-electron chi connectivity index (χ2n) is 6.72. The number of halogens is 1. The van der Waals surface area contributed by atoms with Gasteiger partial charge in [0.2, 0.25) is 0 Å². The van der Waals surface area contributed by atoms with E-state index in [0.29, 0.717) is 49.8 Å². The summed E-state index contributed by atoms with van der Waals surface area (Å²) in [5.74, 6) is -1.48. The number of para-hydroxylation sites is 1. The molecule has 0 aliphatic carbocycles. The van der Waals surface area contributed by atoms with Crippen molar-refractivity contribution in [2.45, 2.75) is 6.92 Å². The number of ether oxygens (including phenoxy) is 2. The molecule has 3 rings (SSSR count). The molecular weight excluding hydrogens is 480 g/mol. The van der Waals surface area contributed by atoms with Crippen LogP contribution >= 0.6 is 15.9 Å². The van der Waals surface area contributed by atoms with Gasteiger partial charge in [0, 0.05) is 23.1 Å². The second-order valence-corrected chi connectivity index (χ2v) is 7.57. The molecule has 1 saturated heterocycles. The monoisotopic (exact) mass is 502 g/mol. The van der Waals surface area contributed by atoms with Crippen molar-refractivity contribution in [2.75, 3.05) is 38.2 Å². The zero-order chi connectivity index (χ0) is 22.9. The number of hydrazone groups is 1. The Balaban J connectivity index is 1.63. The van der Waals surface area contributed by atoms with E-state index in [9.17, 15) is 14.4 Å². The first-order chi connectivity index (χ1) is 15.5. The molecule has 0 atom stereocenters. The van der Waals surface area contributed by atoms with Crippen LogP contribution in [0.5, 0.6) is 5.75 Å². The Bertz CT molecular complexity index is 1020. The van der Waals surface area contributed by atoms with Crippen LogP contribution in [0.1, 0.15) is 22.8 Å². The van der Waals surface area contributed by atoms with Crippen LogP contribution in [0.25, 0.3) is 0 Å². The first-order valence-electron chi connectivity index (χ1n) is 10.0. The highest BCUT2D eigenvalue weighted by Gasteiger charge is 2.22. The van der Waals surface area contributed by atoms with Crippen LogP contribution in [0, 0.1) is 0 Å². The van der Waals surface area contributed by atoms with Gasteiger partial charge >= 0.3 is 11.8 Å². The van der Waals surface area contributed by atoms with E-state index in [0.717, 1.165) is 4.47 Å². The third-order valence-corrected chi connectivity index (χ3v) is 5.28. The molecule has 0 spiro atoms. The smallest absolute Gasteiger partial charge is 0.329 e. The lowest BCUT2D eigenvalue weighted by Gasteiger charge is -2.27. The molecule has 1 aliphatic heterocycles. The molecule has 1 fully saturated rings. The summed E-state index contributed by atoms with van der Waals surface area (Å²) in [4.78, 5) is 39.0. The van der Waals surface area contributed by atoms with Crippen molar-refractivity contribution < 1.29 is 23.9 Å². The number of anilines is 1. The van der Waals surface area contributed by atoms with Gasteiger partial charge in [0.15, 0.2) is 0 Å². The lowest BCUT2D eigenvalue weighted by molar-refractivity contribution is -0.136. The van der Waals surface area contributed by atoms with Gasteiger partial charge in [0.1, 0.15) is 5.75 Å². The van der Waals surface area contributed by atoms with Gasteiger partial charge in [0.25, 0.3) is 5.91 Å². The molecule has 1 aliphatic rings. The Morgan fingerprint density at radius 1 is 1.16 bits per heavy atom. The van der Waals surface area contributed by atoms with Crippen LogP contribution in [-0.2, 0) is 14.3 Å². The summed E-state index contributed by atoms with van der Waals surface area (Å²) >= 11 is 3.39. The van der Waals surface area contributed by atoms with E-state index in [4.69, 9.17) is 9.47 Å². The number of rotatable bonds is 6. The van der Waals surface area contributed by atoms with Crippen LogP contribution in [0.15, 0.2) is 52.0 Å². The van der Waals surface area contributed by atoms with E-state index in [2.05, 4.69) is 31.8 Å². The van der Waals surface area contributed by atoms with E-state index in [1.165, 1.54) is 6.21 Å². The molecule has 9 nitrogen and oxygen atoms in total. The minimum Gasteiger partial charge on any atom is -0.494 e. The summed E-state index contributed by atoms with van der Waals surface area (Å²) < 4.78 is 11.5. The molecule has 0 radical (unpaired) electrons. The average Bonchev–Trinajstić information content (AvgIpc) is 2.81. The summed E-state index contributed by atoms with van der Waals surface area (Å²) in [6.07, 6.45) is 1.40. The zero-order valence-corrected chi connectivity index (χ0v) is 19.1. The standard InChI is InChI=1S/C22H23BrN4O5/c1-2-32-16-7-8-18(23)15(13-16)14-24-26-21(29)20(28)25-19-6-4-3-5-17(19)22(30)27-9-11-31-12-10-27/h3-8,13-14H,2,9-12H2,1H3,(H,25,28)(H,26,29)/b24-14+. The van der Waals surface area contributed by atoms with Crippen molar-refractivity contribution in [3.05, 3.63) is 58.1 Å². The number of hydrogen-bond acceptors (Lipinski definition) is 6. The average molecular weight is 503 g/mol. The third-order valence-electron chi connectivity index (χ3n) is 4.56. The molecule has 32 heavy (non-hydrogen) atoms. The lowest BCUT2D eigenvalue weighted by Crippen LogP contribution is -2.41. The Labute approximate surface area is 193 Å². The molecule has 0 unspecified atom stereocenters.